The van der Waals surface area contributed by atoms with E-state index in [1.165, 1.54) is 7.11 Å². The Balaban J connectivity index is 1.30. The third kappa shape index (κ3) is 5.07. The van der Waals surface area contributed by atoms with Gasteiger partial charge in [0.05, 0.1) is 42.9 Å². The Morgan fingerprint density at radius 2 is 1.87 bits per heavy atom. The molecule has 204 valence electrons. The average molecular weight is 524 g/mol. The van der Waals surface area contributed by atoms with Crippen molar-refractivity contribution in [3.8, 4) is 11.3 Å². The fraction of sp³-hybridized carbons (Fsp3) is 0.593. The summed E-state index contributed by atoms with van der Waals surface area (Å²) in [5.74, 6) is 0.524. The molecule has 0 aliphatic carbocycles. The van der Waals surface area contributed by atoms with Crippen LogP contribution in [-0.2, 0) is 23.6 Å². The summed E-state index contributed by atoms with van der Waals surface area (Å²) in [6.45, 7) is 9.79. The van der Waals surface area contributed by atoms with Crippen molar-refractivity contribution in [2.24, 2.45) is 5.92 Å². The summed E-state index contributed by atoms with van der Waals surface area (Å²) in [5.41, 5.74) is 2.02. The summed E-state index contributed by atoms with van der Waals surface area (Å²) in [7, 11) is 0.883. The van der Waals surface area contributed by atoms with E-state index in [4.69, 9.17) is 18.8 Å². The number of likely N-dealkylation sites (tertiary alicyclic amines) is 1. The minimum Gasteiger partial charge on any atom is -0.453 e. The molecule has 2 amide bonds. The molecule has 0 radical (unpaired) electrons. The number of methoxy groups -OCH3 is 1. The van der Waals surface area contributed by atoms with Gasteiger partial charge in [-0.05, 0) is 58.0 Å². The lowest BCUT2D eigenvalue weighted by molar-refractivity contribution is -0.135. The SMILES string of the molecule is COC(=O)NC(C(=O)N1CCC[C@H]1c1ncc(-c2ccc(B3OC(C)(C)C(C)(C)O3)cc2)[nH]1)C1CCOC1. The standard InChI is InChI=1S/C27H37BN4O6/c1-26(2)27(3,4)38-28(37-26)19-10-8-17(9-11-19)20-15-29-23(30-20)21-7-6-13-32(21)24(33)22(31-25(34)35-5)18-12-14-36-16-18/h8-11,15,18,21-22H,6-7,12-14,16H2,1-5H3,(H,29,30)(H,31,34)/t18?,21-,22?/m0/s1. The van der Waals surface area contributed by atoms with Crippen molar-refractivity contribution in [2.45, 2.75) is 70.2 Å². The van der Waals surface area contributed by atoms with Crippen molar-refractivity contribution in [3.05, 3.63) is 36.3 Å². The number of aromatic amines is 1. The highest BCUT2D eigenvalue weighted by atomic mass is 16.7. The minimum absolute atomic E-state index is 0.0856. The minimum atomic E-state index is -0.692. The molecule has 0 spiro atoms. The predicted molar refractivity (Wildman–Crippen MR) is 142 cm³/mol. The quantitative estimate of drug-likeness (QED) is 0.559. The number of alkyl carbamates (subject to hydrolysis) is 1. The highest BCUT2D eigenvalue weighted by molar-refractivity contribution is 6.62. The predicted octanol–water partition coefficient (Wildman–Crippen LogP) is 2.80. The summed E-state index contributed by atoms with van der Waals surface area (Å²) < 4.78 is 22.6. The maximum absolute atomic E-state index is 13.6. The van der Waals surface area contributed by atoms with Crippen LogP contribution in [0.2, 0.25) is 0 Å². The lowest BCUT2D eigenvalue weighted by Crippen LogP contribution is -2.52. The number of aromatic nitrogens is 2. The monoisotopic (exact) mass is 524 g/mol. The number of nitrogens with one attached hydrogen (secondary N) is 2. The molecule has 10 nitrogen and oxygen atoms in total. The van der Waals surface area contributed by atoms with Gasteiger partial charge in [-0.25, -0.2) is 9.78 Å². The molecule has 3 aliphatic rings. The molecular weight excluding hydrogens is 487 g/mol. The summed E-state index contributed by atoms with van der Waals surface area (Å²) in [4.78, 5) is 35.5. The van der Waals surface area contributed by atoms with Crippen LogP contribution < -0.4 is 10.8 Å². The van der Waals surface area contributed by atoms with Gasteiger partial charge >= 0.3 is 13.2 Å². The molecule has 3 aliphatic heterocycles. The summed E-state index contributed by atoms with van der Waals surface area (Å²) in [6.07, 6.45) is 3.56. The van der Waals surface area contributed by atoms with Gasteiger partial charge in [-0.2, -0.15) is 0 Å². The maximum atomic E-state index is 13.6. The molecule has 2 unspecified atom stereocenters. The van der Waals surface area contributed by atoms with Gasteiger partial charge in [-0.1, -0.05) is 24.3 Å². The van der Waals surface area contributed by atoms with Gasteiger partial charge in [0.2, 0.25) is 5.91 Å². The highest BCUT2D eigenvalue weighted by Gasteiger charge is 2.51. The van der Waals surface area contributed by atoms with E-state index >= 15 is 0 Å². The van der Waals surface area contributed by atoms with Crippen LogP contribution in [0.1, 0.15) is 58.8 Å². The van der Waals surface area contributed by atoms with Gasteiger partial charge in [0.25, 0.3) is 0 Å². The van der Waals surface area contributed by atoms with Gasteiger partial charge in [0, 0.05) is 19.1 Å². The number of H-pyrrole nitrogens is 1. The van der Waals surface area contributed by atoms with Crippen molar-refractivity contribution >= 4 is 24.6 Å². The first-order valence-corrected chi connectivity index (χ1v) is 13.3. The Morgan fingerprint density at radius 3 is 2.50 bits per heavy atom. The number of hydrogen-bond acceptors (Lipinski definition) is 7. The molecule has 3 fully saturated rings. The Kier molecular flexibility index (Phi) is 7.28. The summed E-state index contributed by atoms with van der Waals surface area (Å²) >= 11 is 0. The molecule has 5 rings (SSSR count). The van der Waals surface area contributed by atoms with Crippen molar-refractivity contribution in [2.75, 3.05) is 26.9 Å². The third-order valence-corrected chi connectivity index (χ3v) is 8.36. The smallest absolute Gasteiger partial charge is 0.453 e. The second kappa shape index (κ2) is 10.4. The van der Waals surface area contributed by atoms with E-state index in [1.807, 2.05) is 56.9 Å². The molecule has 4 heterocycles. The fourth-order valence-electron chi connectivity index (χ4n) is 5.33. The van der Waals surface area contributed by atoms with E-state index < -0.39 is 30.5 Å². The molecule has 0 bridgehead atoms. The van der Waals surface area contributed by atoms with E-state index in [-0.39, 0.29) is 17.9 Å². The average Bonchev–Trinajstić information content (AvgIpc) is 3.69. The lowest BCUT2D eigenvalue weighted by atomic mass is 9.79. The van der Waals surface area contributed by atoms with Crippen LogP contribution in [0.4, 0.5) is 4.79 Å². The molecule has 3 atom stereocenters. The molecule has 1 aromatic heterocycles. The first kappa shape index (κ1) is 26.7. The van der Waals surface area contributed by atoms with Gasteiger partial charge in [0.1, 0.15) is 11.9 Å². The third-order valence-electron chi connectivity index (χ3n) is 8.36. The molecule has 2 N–H and O–H groups in total. The van der Waals surface area contributed by atoms with Crippen molar-refractivity contribution in [3.63, 3.8) is 0 Å². The molecule has 1 aromatic carbocycles. The largest absolute Gasteiger partial charge is 0.494 e. The zero-order valence-electron chi connectivity index (χ0n) is 22.8. The Morgan fingerprint density at radius 1 is 1.16 bits per heavy atom. The number of imidazole rings is 1. The Bertz CT molecular complexity index is 1140. The number of nitrogens with zero attached hydrogens (tertiary/aromatic N) is 2. The number of ether oxygens (including phenoxy) is 2. The molecule has 11 heteroatoms. The van der Waals surface area contributed by atoms with Gasteiger partial charge < -0.3 is 34.0 Å². The van der Waals surface area contributed by atoms with Crippen LogP contribution >= 0.6 is 0 Å². The highest BCUT2D eigenvalue weighted by Crippen LogP contribution is 2.37. The van der Waals surface area contributed by atoms with Crippen LogP contribution in [0.3, 0.4) is 0 Å². The second-order valence-electron chi connectivity index (χ2n) is 11.3. The van der Waals surface area contributed by atoms with Gasteiger partial charge in [0.15, 0.2) is 0 Å². The summed E-state index contributed by atoms with van der Waals surface area (Å²) in [5, 5.41) is 2.74. The van der Waals surface area contributed by atoms with Crippen molar-refractivity contribution in [1.82, 2.24) is 20.2 Å². The van der Waals surface area contributed by atoms with E-state index in [1.54, 1.807) is 6.20 Å². The van der Waals surface area contributed by atoms with Crippen LogP contribution in [0.15, 0.2) is 30.5 Å². The van der Waals surface area contributed by atoms with E-state index in [2.05, 4.69) is 15.3 Å². The van der Waals surface area contributed by atoms with Crippen LogP contribution in [0.5, 0.6) is 0 Å². The van der Waals surface area contributed by atoms with Crippen molar-refractivity contribution in [1.29, 1.82) is 0 Å². The number of benzene rings is 1. The normalized spacial score (nSPS) is 25.0. The first-order chi connectivity index (χ1) is 18.1. The Labute approximate surface area is 223 Å². The van der Waals surface area contributed by atoms with E-state index in [0.29, 0.717) is 26.2 Å². The number of amides is 2. The number of hydrogen-bond donors (Lipinski definition) is 2. The number of rotatable bonds is 6. The second-order valence-corrected chi connectivity index (χ2v) is 11.3. The van der Waals surface area contributed by atoms with Gasteiger partial charge in [-0.15, -0.1) is 0 Å². The molecule has 0 saturated carbocycles. The van der Waals surface area contributed by atoms with Gasteiger partial charge in [-0.3, -0.25) is 4.79 Å². The topological polar surface area (TPSA) is 115 Å². The molecule has 3 saturated heterocycles. The number of carbonyl (C=O) groups is 2. The van der Waals surface area contributed by atoms with Crippen molar-refractivity contribution < 1.29 is 28.4 Å². The maximum Gasteiger partial charge on any atom is 0.494 e. The fourth-order valence-corrected chi connectivity index (χ4v) is 5.33. The molecule has 38 heavy (non-hydrogen) atoms. The molecule has 2 aromatic rings. The lowest BCUT2D eigenvalue weighted by Gasteiger charge is -2.32. The van der Waals surface area contributed by atoms with Crippen LogP contribution in [0.25, 0.3) is 11.3 Å². The van der Waals surface area contributed by atoms with Crippen LogP contribution in [-0.4, -0.2) is 78.1 Å². The van der Waals surface area contributed by atoms with E-state index in [9.17, 15) is 9.59 Å². The van der Waals surface area contributed by atoms with Crippen LogP contribution in [0, 0.1) is 5.92 Å². The first-order valence-electron chi connectivity index (χ1n) is 13.3. The zero-order valence-corrected chi connectivity index (χ0v) is 22.8. The summed E-state index contributed by atoms with van der Waals surface area (Å²) in [6, 6.07) is 7.18. The Hall–Kier alpha value is -2.89. The zero-order chi connectivity index (χ0) is 27.1. The molecular formula is C27H37BN4O6. The number of carbonyl (C=O) groups excluding carboxylic acids is 2. The van der Waals surface area contributed by atoms with E-state index in [0.717, 1.165) is 35.4 Å².